The zero-order chi connectivity index (χ0) is 17.6. The molecule has 1 nitrogen and oxygen atoms in total. The van der Waals surface area contributed by atoms with Crippen molar-refractivity contribution in [3.8, 4) is 11.1 Å². The van der Waals surface area contributed by atoms with E-state index in [1.165, 1.54) is 0 Å². The Hall–Kier alpha value is -1.18. The lowest BCUT2D eigenvalue weighted by Gasteiger charge is -2.17. The SMILES string of the molecule is FC(F)(F)c1cc(C(F)(F)F)c(-c2c(Cl)cc(Cl)cc2Cl)cn1. The van der Waals surface area contributed by atoms with Crippen LogP contribution in [0, 0.1) is 0 Å². The van der Waals surface area contributed by atoms with Crippen molar-refractivity contribution in [2.24, 2.45) is 0 Å². The van der Waals surface area contributed by atoms with Crippen LogP contribution in [0.15, 0.2) is 24.4 Å². The van der Waals surface area contributed by atoms with Gasteiger partial charge in [-0.25, -0.2) is 0 Å². The van der Waals surface area contributed by atoms with E-state index >= 15 is 0 Å². The van der Waals surface area contributed by atoms with Crippen molar-refractivity contribution in [3.05, 3.63) is 50.7 Å². The summed E-state index contributed by atoms with van der Waals surface area (Å²) in [6.07, 6.45) is -9.65. The first-order valence-corrected chi connectivity index (χ1v) is 6.84. The van der Waals surface area contributed by atoms with Gasteiger partial charge in [-0.3, -0.25) is 4.98 Å². The van der Waals surface area contributed by atoms with E-state index < -0.39 is 29.2 Å². The molecule has 0 fully saturated rings. The third kappa shape index (κ3) is 3.84. The Bertz CT molecular complexity index is 731. The highest BCUT2D eigenvalue weighted by molar-refractivity contribution is 6.41. The summed E-state index contributed by atoms with van der Waals surface area (Å²) in [6.45, 7) is 0. The maximum Gasteiger partial charge on any atom is 0.433 e. The van der Waals surface area contributed by atoms with Gasteiger partial charge in [0.2, 0.25) is 0 Å². The molecule has 0 atom stereocenters. The standard InChI is InChI=1S/C13H4Cl3F6N/c14-5-1-8(15)11(9(16)2-5)6-4-23-10(13(20,21)22)3-7(6)12(17,18)19/h1-4H. The predicted octanol–water partition coefficient (Wildman–Crippen LogP) is 6.75. The summed E-state index contributed by atoms with van der Waals surface area (Å²) in [5, 5.41) is -0.415. The summed E-state index contributed by atoms with van der Waals surface area (Å²) in [6, 6.07) is 2.17. The van der Waals surface area contributed by atoms with Gasteiger partial charge in [0.05, 0.1) is 15.6 Å². The molecule has 0 amide bonds. The van der Waals surface area contributed by atoms with Gasteiger partial charge in [-0.1, -0.05) is 34.8 Å². The molecule has 0 N–H and O–H groups in total. The Morgan fingerprint density at radius 3 is 1.74 bits per heavy atom. The van der Waals surface area contributed by atoms with Crippen LogP contribution >= 0.6 is 34.8 Å². The van der Waals surface area contributed by atoms with Crippen LogP contribution in [-0.4, -0.2) is 4.98 Å². The normalized spacial score (nSPS) is 12.6. The summed E-state index contributed by atoms with van der Waals surface area (Å²) < 4.78 is 77.2. The fourth-order valence-electron chi connectivity index (χ4n) is 1.84. The molecule has 10 heteroatoms. The van der Waals surface area contributed by atoms with Crippen LogP contribution in [0.5, 0.6) is 0 Å². The molecule has 0 aliphatic heterocycles. The van der Waals surface area contributed by atoms with Gasteiger partial charge in [0.1, 0.15) is 5.69 Å². The van der Waals surface area contributed by atoms with Gasteiger partial charge in [-0.05, 0) is 18.2 Å². The molecule has 0 unspecified atom stereocenters. The Morgan fingerprint density at radius 2 is 1.30 bits per heavy atom. The van der Waals surface area contributed by atoms with Gasteiger partial charge >= 0.3 is 12.4 Å². The maximum atomic E-state index is 13.1. The average Bonchev–Trinajstić information content (AvgIpc) is 2.35. The largest absolute Gasteiger partial charge is 0.433 e. The second kappa shape index (κ2) is 6.03. The van der Waals surface area contributed by atoms with Crippen molar-refractivity contribution in [1.82, 2.24) is 4.98 Å². The zero-order valence-electron chi connectivity index (χ0n) is 10.7. The van der Waals surface area contributed by atoms with Crippen LogP contribution in [0.3, 0.4) is 0 Å². The van der Waals surface area contributed by atoms with Crippen LogP contribution in [0.1, 0.15) is 11.3 Å². The van der Waals surface area contributed by atoms with Crippen LogP contribution in [0.4, 0.5) is 26.3 Å². The second-order valence-electron chi connectivity index (χ2n) is 4.36. The van der Waals surface area contributed by atoms with Crippen molar-refractivity contribution in [1.29, 1.82) is 0 Å². The van der Waals surface area contributed by atoms with Gasteiger partial charge in [0.15, 0.2) is 0 Å². The smallest absolute Gasteiger partial charge is 0.251 e. The van der Waals surface area contributed by atoms with Gasteiger partial charge in [0, 0.05) is 22.3 Å². The highest BCUT2D eigenvalue weighted by Crippen LogP contribution is 2.44. The summed E-state index contributed by atoms with van der Waals surface area (Å²) in [5.74, 6) is 0. The summed E-state index contributed by atoms with van der Waals surface area (Å²) in [4.78, 5) is 3.03. The summed E-state index contributed by atoms with van der Waals surface area (Å²) >= 11 is 17.3. The first kappa shape index (κ1) is 18.2. The molecule has 1 aromatic carbocycles. The minimum Gasteiger partial charge on any atom is -0.251 e. The third-order valence-electron chi connectivity index (χ3n) is 2.78. The molecule has 0 bridgehead atoms. The van der Waals surface area contributed by atoms with E-state index in [1.54, 1.807) is 0 Å². The van der Waals surface area contributed by atoms with Crippen molar-refractivity contribution in [2.45, 2.75) is 12.4 Å². The molecule has 124 valence electrons. The van der Waals surface area contributed by atoms with Gasteiger partial charge < -0.3 is 0 Å². The molecule has 0 aliphatic carbocycles. The highest BCUT2D eigenvalue weighted by Gasteiger charge is 2.40. The fraction of sp³-hybridized carbons (Fsp3) is 0.154. The molecule has 1 aromatic heterocycles. The molecule has 1 heterocycles. The van der Waals surface area contributed by atoms with E-state index in [0.29, 0.717) is 6.20 Å². The number of hydrogen-bond acceptors (Lipinski definition) is 1. The molecule has 23 heavy (non-hydrogen) atoms. The molecular formula is C13H4Cl3F6N. The lowest BCUT2D eigenvalue weighted by Crippen LogP contribution is -2.14. The van der Waals surface area contributed by atoms with E-state index in [1.807, 2.05) is 0 Å². The number of rotatable bonds is 1. The van der Waals surface area contributed by atoms with Crippen molar-refractivity contribution in [2.75, 3.05) is 0 Å². The molecule has 0 saturated heterocycles. The molecule has 0 aliphatic rings. The number of aromatic nitrogens is 1. The van der Waals surface area contributed by atoms with Crippen molar-refractivity contribution in [3.63, 3.8) is 0 Å². The molecule has 2 rings (SSSR count). The minimum atomic E-state index is -5.06. The van der Waals surface area contributed by atoms with Crippen molar-refractivity contribution < 1.29 is 26.3 Å². The van der Waals surface area contributed by atoms with E-state index in [0.717, 1.165) is 12.1 Å². The van der Waals surface area contributed by atoms with E-state index in [-0.39, 0.29) is 26.7 Å². The van der Waals surface area contributed by atoms with Crippen LogP contribution in [-0.2, 0) is 12.4 Å². The summed E-state index contributed by atoms with van der Waals surface area (Å²) in [7, 11) is 0. The Labute approximate surface area is 140 Å². The monoisotopic (exact) mass is 393 g/mol. The number of halogens is 9. The Kier molecular flexibility index (Phi) is 4.76. The number of pyridine rings is 1. The van der Waals surface area contributed by atoms with Crippen LogP contribution in [0.2, 0.25) is 15.1 Å². The number of alkyl halides is 6. The molecule has 0 spiro atoms. The van der Waals surface area contributed by atoms with Crippen LogP contribution < -0.4 is 0 Å². The van der Waals surface area contributed by atoms with Crippen LogP contribution in [0.25, 0.3) is 11.1 Å². The predicted molar refractivity (Wildman–Crippen MR) is 74.7 cm³/mol. The van der Waals surface area contributed by atoms with Gasteiger partial charge in [-0.15, -0.1) is 0 Å². The first-order chi connectivity index (χ1) is 10.4. The van der Waals surface area contributed by atoms with Gasteiger partial charge in [-0.2, -0.15) is 26.3 Å². The maximum absolute atomic E-state index is 13.1. The number of benzene rings is 1. The first-order valence-electron chi connectivity index (χ1n) is 5.70. The van der Waals surface area contributed by atoms with E-state index in [4.69, 9.17) is 34.8 Å². The number of nitrogens with zero attached hydrogens (tertiary/aromatic N) is 1. The lowest BCUT2D eigenvalue weighted by molar-refractivity contribution is -0.145. The quantitative estimate of drug-likeness (QED) is 0.488. The van der Waals surface area contributed by atoms with E-state index in [9.17, 15) is 26.3 Å². The Balaban J connectivity index is 2.78. The minimum absolute atomic E-state index is 0.0668. The summed E-state index contributed by atoms with van der Waals surface area (Å²) in [5.41, 5.74) is -4.19. The molecule has 2 aromatic rings. The Morgan fingerprint density at radius 1 is 0.783 bits per heavy atom. The third-order valence-corrected chi connectivity index (χ3v) is 3.59. The highest BCUT2D eigenvalue weighted by atomic mass is 35.5. The van der Waals surface area contributed by atoms with Gasteiger partial charge in [0.25, 0.3) is 0 Å². The molecule has 0 radical (unpaired) electrons. The average molecular weight is 395 g/mol. The van der Waals surface area contributed by atoms with Crippen molar-refractivity contribution >= 4 is 34.8 Å². The molecular weight excluding hydrogens is 390 g/mol. The zero-order valence-corrected chi connectivity index (χ0v) is 12.9. The number of hydrogen-bond donors (Lipinski definition) is 0. The molecule has 0 saturated carbocycles. The van der Waals surface area contributed by atoms with E-state index in [2.05, 4.69) is 4.98 Å². The lowest BCUT2D eigenvalue weighted by atomic mass is 10.0. The topological polar surface area (TPSA) is 12.9 Å². The second-order valence-corrected chi connectivity index (χ2v) is 5.61. The fourth-order valence-corrected chi connectivity index (χ4v) is 2.86.